The van der Waals surface area contributed by atoms with Crippen molar-refractivity contribution in [3.05, 3.63) is 44.3 Å². The molecule has 8 heteroatoms. The van der Waals surface area contributed by atoms with Crippen LogP contribution in [0.15, 0.2) is 32.4 Å². The van der Waals surface area contributed by atoms with Crippen molar-refractivity contribution in [3.8, 4) is 0 Å². The van der Waals surface area contributed by atoms with Gasteiger partial charge in [-0.15, -0.1) is 11.3 Å². The van der Waals surface area contributed by atoms with Crippen LogP contribution in [-0.4, -0.2) is 29.9 Å². The van der Waals surface area contributed by atoms with Crippen LogP contribution in [0.3, 0.4) is 0 Å². The van der Waals surface area contributed by atoms with Gasteiger partial charge in [-0.1, -0.05) is 15.9 Å². The molecular formula is C13H15BrN2O3S2. The zero-order chi connectivity index (χ0) is 15.6. The molecule has 0 atom stereocenters. The van der Waals surface area contributed by atoms with Crippen LogP contribution in [0.1, 0.15) is 16.8 Å². The summed E-state index contributed by atoms with van der Waals surface area (Å²) in [4.78, 5) is 4.29. The highest BCUT2D eigenvalue weighted by Crippen LogP contribution is 2.28. The molecule has 1 N–H and O–H groups in total. The van der Waals surface area contributed by atoms with Crippen molar-refractivity contribution >= 4 is 37.3 Å². The summed E-state index contributed by atoms with van der Waals surface area (Å²) in [7, 11) is -2.12. The lowest BCUT2D eigenvalue weighted by molar-refractivity contribution is 0.281. The summed E-state index contributed by atoms with van der Waals surface area (Å²) in [5, 5.41) is 11.1. The van der Waals surface area contributed by atoms with Gasteiger partial charge in [0.1, 0.15) is 0 Å². The van der Waals surface area contributed by atoms with Crippen molar-refractivity contribution in [2.45, 2.75) is 25.0 Å². The highest BCUT2D eigenvalue weighted by Gasteiger charge is 2.25. The molecule has 0 aliphatic rings. The Hall–Kier alpha value is -0.800. The molecule has 2 rings (SSSR count). The van der Waals surface area contributed by atoms with Crippen molar-refractivity contribution in [1.82, 2.24) is 9.29 Å². The first kappa shape index (κ1) is 16.6. The molecule has 21 heavy (non-hydrogen) atoms. The van der Waals surface area contributed by atoms with Crippen LogP contribution in [0.2, 0.25) is 0 Å². The van der Waals surface area contributed by atoms with E-state index in [0.717, 1.165) is 0 Å². The van der Waals surface area contributed by atoms with E-state index in [-0.39, 0.29) is 18.0 Å². The number of thiazole rings is 1. The molecule has 0 bridgehead atoms. The molecule has 0 radical (unpaired) electrons. The van der Waals surface area contributed by atoms with Gasteiger partial charge < -0.3 is 5.11 Å². The number of nitrogens with zero attached hydrogens (tertiary/aromatic N) is 2. The van der Waals surface area contributed by atoms with E-state index in [0.29, 0.717) is 21.3 Å². The van der Waals surface area contributed by atoms with Gasteiger partial charge in [0, 0.05) is 16.9 Å². The molecule has 1 heterocycles. The number of halogens is 1. The van der Waals surface area contributed by atoms with Crippen LogP contribution in [0.4, 0.5) is 0 Å². The Balaban J connectivity index is 2.41. The highest BCUT2D eigenvalue weighted by molar-refractivity contribution is 9.10. The minimum absolute atomic E-state index is 0.193. The van der Waals surface area contributed by atoms with Gasteiger partial charge >= 0.3 is 0 Å². The van der Waals surface area contributed by atoms with Crippen molar-refractivity contribution < 1.29 is 13.5 Å². The van der Waals surface area contributed by atoms with Gasteiger partial charge in [0.2, 0.25) is 10.0 Å². The van der Waals surface area contributed by atoms with Crippen LogP contribution >= 0.6 is 27.3 Å². The van der Waals surface area contributed by atoms with Gasteiger partial charge in [-0.2, -0.15) is 4.31 Å². The number of aromatic nitrogens is 1. The van der Waals surface area contributed by atoms with Gasteiger partial charge in [0.15, 0.2) is 0 Å². The van der Waals surface area contributed by atoms with Crippen molar-refractivity contribution in [2.24, 2.45) is 0 Å². The summed E-state index contributed by atoms with van der Waals surface area (Å²) in [6.45, 7) is 1.73. The Labute approximate surface area is 136 Å². The molecule has 2 aromatic rings. The molecule has 5 nitrogen and oxygen atoms in total. The summed E-state index contributed by atoms with van der Waals surface area (Å²) in [5.74, 6) is 0. The summed E-state index contributed by atoms with van der Waals surface area (Å²) in [5.41, 5.74) is 3.55. The molecule has 1 aromatic carbocycles. The maximum atomic E-state index is 12.7. The van der Waals surface area contributed by atoms with E-state index < -0.39 is 10.0 Å². The smallest absolute Gasteiger partial charge is 0.243 e. The third-order valence-electron chi connectivity index (χ3n) is 3.10. The standard InChI is InChI=1S/C13H15BrN2O3S2/c1-9-12(14)3-10(6-17)4-13(9)21(18,19)16(2)5-11-7-20-8-15-11/h3-4,7-8,17H,5-6H2,1-2H3. The van der Waals surface area contributed by atoms with Gasteiger partial charge in [0.25, 0.3) is 0 Å². The molecule has 1 aromatic heterocycles. The predicted octanol–water partition coefficient (Wildman–Crippen LogP) is 2.53. The van der Waals surface area contributed by atoms with Crippen molar-refractivity contribution in [1.29, 1.82) is 0 Å². The second kappa shape index (κ2) is 6.53. The number of benzene rings is 1. The first-order chi connectivity index (χ1) is 9.86. The Morgan fingerprint density at radius 2 is 2.14 bits per heavy atom. The molecule has 0 saturated heterocycles. The van der Waals surface area contributed by atoms with Gasteiger partial charge in [0.05, 0.1) is 29.3 Å². The second-order valence-electron chi connectivity index (χ2n) is 4.60. The average molecular weight is 391 g/mol. The lowest BCUT2D eigenvalue weighted by atomic mass is 10.2. The van der Waals surface area contributed by atoms with Crippen LogP contribution < -0.4 is 0 Å². The average Bonchev–Trinajstić information content (AvgIpc) is 2.94. The molecule has 114 valence electrons. The maximum Gasteiger partial charge on any atom is 0.243 e. The van der Waals surface area contributed by atoms with E-state index in [1.54, 1.807) is 18.5 Å². The predicted molar refractivity (Wildman–Crippen MR) is 85.6 cm³/mol. The number of sulfonamides is 1. The molecule has 0 fully saturated rings. The molecular weight excluding hydrogens is 376 g/mol. The number of aliphatic hydroxyl groups excluding tert-OH is 1. The van der Waals surface area contributed by atoms with E-state index in [1.165, 1.54) is 28.8 Å². The Morgan fingerprint density at radius 1 is 1.43 bits per heavy atom. The molecule has 0 amide bonds. The molecule has 0 spiro atoms. The first-order valence-corrected chi connectivity index (χ1v) is 9.27. The van der Waals surface area contributed by atoms with E-state index in [9.17, 15) is 13.5 Å². The first-order valence-electron chi connectivity index (χ1n) is 6.09. The monoisotopic (exact) mass is 390 g/mol. The van der Waals surface area contributed by atoms with E-state index in [4.69, 9.17) is 0 Å². The minimum Gasteiger partial charge on any atom is -0.392 e. The van der Waals surface area contributed by atoms with Crippen LogP contribution in [-0.2, 0) is 23.2 Å². The quantitative estimate of drug-likeness (QED) is 0.851. The lowest BCUT2D eigenvalue weighted by Gasteiger charge is -2.19. The molecule has 0 saturated carbocycles. The number of rotatable bonds is 5. The van der Waals surface area contributed by atoms with Crippen LogP contribution in [0.5, 0.6) is 0 Å². The minimum atomic E-state index is -3.64. The summed E-state index contributed by atoms with van der Waals surface area (Å²) in [6.07, 6.45) is 0. The molecule has 0 aliphatic heterocycles. The fourth-order valence-corrected chi connectivity index (χ4v) is 4.49. The van der Waals surface area contributed by atoms with Crippen LogP contribution in [0, 0.1) is 6.92 Å². The highest BCUT2D eigenvalue weighted by atomic mass is 79.9. The third kappa shape index (κ3) is 3.51. The summed E-state index contributed by atoms with van der Waals surface area (Å²) < 4.78 is 27.3. The lowest BCUT2D eigenvalue weighted by Crippen LogP contribution is -2.27. The topological polar surface area (TPSA) is 70.5 Å². The number of hydrogen-bond donors (Lipinski definition) is 1. The fourth-order valence-electron chi connectivity index (χ4n) is 1.86. The van der Waals surface area contributed by atoms with Crippen LogP contribution in [0.25, 0.3) is 0 Å². The molecule has 0 aliphatic carbocycles. The van der Waals surface area contributed by atoms with Crippen molar-refractivity contribution in [2.75, 3.05) is 7.05 Å². The SMILES string of the molecule is Cc1c(Br)cc(CO)cc1S(=O)(=O)N(C)Cc1cscn1. The van der Waals surface area contributed by atoms with Crippen molar-refractivity contribution in [3.63, 3.8) is 0 Å². The van der Waals surface area contributed by atoms with E-state index in [1.807, 2.05) is 5.38 Å². The second-order valence-corrected chi connectivity index (χ2v) is 8.19. The van der Waals surface area contributed by atoms with Gasteiger partial charge in [-0.3, -0.25) is 0 Å². The number of aliphatic hydroxyl groups is 1. The Morgan fingerprint density at radius 3 is 2.71 bits per heavy atom. The van der Waals surface area contributed by atoms with Gasteiger partial charge in [-0.25, -0.2) is 13.4 Å². The fraction of sp³-hybridized carbons (Fsp3) is 0.308. The Kier molecular flexibility index (Phi) is 5.15. The summed E-state index contributed by atoms with van der Waals surface area (Å²) in [6, 6.07) is 3.22. The summed E-state index contributed by atoms with van der Waals surface area (Å²) >= 11 is 4.76. The third-order valence-corrected chi connectivity index (χ3v) is 6.48. The largest absolute Gasteiger partial charge is 0.392 e. The van der Waals surface area contributed by atoms with Gasteiger partial charge in [-0.05, 0) is 30.2 Å². The van der Waals surface area contributed by atoms with E-state index in [2.05, 4.69) is 20.9 Å². The number of hydrogen-bond acceptors (Lipinski definition) is 5. The van der Waals surface area contributed by atoms with E-state index >= 15 is 0 Å². The molecule has 0 unspecified atom stereocenters. The maximum absolute atomic E-state index is 12.7. The zero-order valence-electron chi connectivity index (χ0n) is 11.6. The Bertz CT molecular complexity index is 730. The normalized spacial score (nSPS) is 12.0. The zero-order valence-corrected chi connectivity index (χ0v) is 14.8.